The van der Waals surface area contributed by atoms with Crippen molar-refractivity contribution in [2.24, 2.45) is 5.73 Å². The third kappa shape index (κ3) is 6.93. The van der Waals surface area contributed by atoms with E-state index in [-0.39, 0.29) is 29.5 Å². The average Bonchev–Trinajstić information content (AvgIpc) is 2.81. The zero-order valence-electron chi connectivity index (χ0n) is 7.74. The molecule has 0 saturated carbocycles. The quantitative estimate of drug-likeness (QED) is 0.612. The molecule has 0 spiro atoms. The molecule has 2 aromatic carbocycles. The maximum absolute atomic E-state index is 5.29. The van der Waals surface area contributed by atoms with Crippen molar-refractivity contribution in [3.8, 4) is 0 Å². The van der Waals surface area contributed by atoms with Gasteiger partial charge in [0.2, 0.25) is 0 Å². The Balaban J connectivity index is 0. The zero-order valence-corrected chi connectivity index (χ0v) is 9.66. The van der Waals surface area contributed by atoms with Gasteiger partial charge in [-0.1, -0.05) is 0 Å². The van der Waals surface area contributed by atoms with Gasteiger partial charge in [0.05, 0.1) is 0 Å². The van der Waals surface area contributed by atoms with Crippen molar-refractivity contribution in [2.45, 2.75) is 6.54 Å². The van der Waals surface area contributed by atoms with E-state index in [1.807, 2.05) is 54.6 Å². The maximum Gasteiger partial charge on any atom is 0 e. The summed E-state index contributed by atoms with van der Waals surface area (Å²) in [6.07, 6.45) is 0. The van der Waals surface area contributed by atoms with Crippen molar-refractivity contribution >= 4 is 12.4 Å². The van der Waals surface area contributed by atoms with Crippen LogP contribution in [0.1, 0.15) is 5.56 Å². The second kappa shape index (κ2) is 10.5. The molecular formula is C11H14ClFeN-6. The van der Waals surface area contributed by atoms with Crippen LogP contribution in [0.4, 0.5) is 0 Å². The first-order valence-electron chi connectivity index (χ1n) is 4.01. The fraction of sp³-hybridized carbons (Fsp3) is 0.0909. The Morgan fingerprint density at radius 3 is 1.50 bits per heavy atom. The van der Waals surface area contributed by atoms with Gasteiger partial charge >= 0.3 is 0 Å². The van der Waals surface area contributed by atoms with E-state index in [0.717, 1.165) is 0 Å². The van der Waals surface area contributed by atoms with Crippen LogP contribution in [0.5, 0.6) is 0 Å². The van der Waals surface area contributed by atoms with Gasteiger partial charge in [-0.05, 0) is 6.54 Å². The molecule has 14 heavy (non-hydrogen) atoms. The Labute approximate surface area is 102 Å². The number of rotatable bonds is 1. The minimum absolute atomic E-state index is 0. The molecule has 2 rings (SSSR count). The van der Waals surface area contributed by atoms with E-state index in [2.05, 4.69) is 0 Å². The monoisotopic (exact) mass is 251 g/mol. The fourth-order valence-electron chi connectivity index (χ4n) is 0.871. The third-order valence-electron chi connectivity index (χ3n) is 1.52. The minimum Gasteiger partial charge on any atom is -0.748 e. The molecule has 0 fully saturated rings. The van der Waals surface area contributed by atoms with Crippen molar-refractivity contribution in [1.29, 1.82) is 0 Å². The molecule has 0 amide bonds. The van der Waals surface area contributed by atoms with E-state index >= 15 is 0 Å². The molecular weight excluding hydrogens is 237 g/mol. The van der Waals surface area contributed by atoms with Gasteiger partial charge in [-0.25, -0.2) is 12.1 Å². The van der Waals surface area contributed by atoms with E-state index in [4.69, 9.17) is 5.73 Å². The summed E-state index contributed by atoms with van der Waals surface area (Å²) in [7, 11) is 0. The molecule has 2 aromatic rings. The first kappa shape index (κ1) is 15.9. The SMILES string of the molecule is Cl.NC[c-]1cccc1.[Fe].[cH-]1[cH-][cH-][cH-][cH-]1. The van der Waals surface area contributed by atoms with Gasteiger partial charge < -0.3 is 36.1 Å². The molecule has 0 aromatic heterocycles. The van der Waals surface area contributed by atoms with E-state index < -0.39 is 0 Å². The Bertz CT molecular complexity index is 246. The summed E-state index contributed by atoms with van der Waals surface area (Å²) in [4.78, 5) is 0. The van der Waals surface area contributed by atoms with Gasteiger partial charge in [0, 0.05) is 17.1 Å². The summed E-state index contributed by atoms with van der Waals surface area (Å²) in [5.74, 6) is 0. The van der Waals surface area contributed by atoms with Crippen LogP contribution in [0.25, 0.3) is 0 Å². The molecule has 0 unspecified atom stereocenters. The Morgan fingerprint density at radius 1 is 0.929 bits per heavy atom. The molecule has 3 heteroatoms. The molecule has 84 valence electrons. The van der Waals surface area contributed by atoms with Crippen molar-refractivity contribution in [1.82, 2.24) is 0 Å². The summed E-state index contributed by atoms with van der Waals surface area (Å²) >= 11 is 0. The van der Waals surface area contributed by atoms with E-state index in [9.17, 15) is 0 Å². The number of hydrogen-bond donors (Lipinski definition) is 1. The van der Waals surface area contributed by atoms with Crippen LogP contribution in [0.2, 0.25) is 0 Å². The summed E-state index contributed by atoms with van der Waals surface area (Å²) in [6.45, 7) is 0.660. The van der Waals surface area contributed by atoms with E-state index in [1.165, 1.54) is 5.56 Å². The van der Waals surface area contributed by atoms with Crippen molar-refractivity contribution < 1.29 is 17.1 Å². The van der Waals surface area contributed by atoms with Gasteiger partial charge in [-0.3, -0.25) is 0 Å². The zero-order chi connectivity index (χ0) is 8.65. The van der Waals surface area contributed by atoms with Gasteiger partial charge in [-0.2, -0.15) is 12.1 Å². The molecule has 0 aliphatic carbocycles. The molecule has 0 saturated heterocycles. The normalized spacial score (nSPS) is 7.50. The van der Waals surface area contributed by atoms with Crippen LogP contribution >= 0.6 is 12.4 Å². The first-order valence-corrected chi connectivity index (χ1v) is 4.01. The van der Waals surface area contributed by atoms with Gasteiger partial charge in [0.25, 0.3) is 0 Å². The van der Waals surface area contributed by atoms with Gasteiger partial charge in [-0.15, -0.1) is 18.0 Å². The molecule has 1 nitrogen and oxygen atoms in total. The van der Waals surface area contributed by atoms with Crippen LogP contribution in [0, 0.1) is 0 Å². The van der Waals surface area contributed by atoms with Crippen molar-refractivity contribution in [3.05, 3.63) is 60.2 Å². The predicted molar refractivity (Wildman–Crippen MR) is 59.2 cm³/mol. The Hall–Kier alpha value is -0.531. The average molecular weight is 252 g/mol. The van der Waals surface area contributed by atoms with E-state index in [0.29, 0.717) is 6.54 Å². The molecule has 0 heterocycles. The summed E-state index contributed by atoms with van der Waals surface area (Å²) in [5.41, 5.74) is 6.50. The minimum atomic E-state index is 0. The Morgan fingerprint density at radius 2 is 1.29 bits per heavy atom. The van der Waals surface area contributed by atoms with E-state index in [1.54, 1.807) is 0 Å². The number of nitrogens with two attached hydrogens (primary N) is 1. The molecule has 0 aliphatic heterocycles. The second-order valence-electron chi connectivity index (χ2n) is 2.46. The Kier molecular flexibility index (Phi) is 12.0. The standard InChI is InChI=1S/C6H8N.C5H5.ClH.Fe/c7-5-6-3-1-2-4-6;1-2-4-5-3-1;;/h1-4H,5,7H2;1-5H;1H;/q-1;-5;;. The molecule has 0 bridgehead atoms. The summed E-state index contributed by atoms with van der Waals surface area (Å²) in [5, 5.41) is 0. The van der Waals surface area contributed by atoms with Crippen LogP contribution in [-0.2, 0) is 23.6 Å². The number of hydrogen-bond acceptors (Lipinski definition) is 1. The topological polar surface area (TPSA) is 26.0 Å². The van der Waals surface area contributed by atoms with Crippen LogP contribution in [0.3, 0.4) is 0 Å². The summed E-state index contributed by atoms with van der Waals surface area (Å²) in [6, 6.07) is 18.0. The maximum atomic E-state index is 5.29. The van der Waals surface area contributed by atoms with Crippen LogP contribution < -0.4 is 5.73 Å². The molecule has 0 aliphatic rings. The van der Waals surface area contributed by atoms with Gasteiger partial charge in [0.15, 0.2) is 0 Å². The predicted octanol–water partition coefficient (Wildman–Crippen LogP) is 2.69. The fourth-order valence-corrected chi connectivity index (χ4v) is 0.871. The van der Waals surface area contributed by atoms with Crippen LogP contribution in [0.15, 0.2) is 54.6 Å². The largest absolute Gasteiger partial charge is 0.748 e. The van der Waals surface area contributed by atoms with Crippen molar-refractivity contribution in [2.75, 3.05) is 0 Å². The third-order valence-corrected chi connectivity index (χ3v) is 1.52. The molecule has 0 atom stereocenters. The second-order valence-corrected chi connectivity index (χ2v) is 2.46. The summed E-state index contributed by atoms with van der Waals surface area (Å²) < 4.78 is 0. The first-order chi connectivity index (χ1) is 5.93. The van der Waals surface area contributed by atoms with Crippen molar-refractivity contribution in [3.63, 3.8) is 0 Å². The number of halogens is 1. The van der Waals surface area contributed by atoms with Gasteiger partial charge in [0.1, 0.15) is 0 Å². The van der Waals surface area contributed by atoms with Crippen LogP contribution in [-0.4, -0.2) is 0 Å². The molecule has 0 radical (unpaired) electrons. The molecule has 2 N–H and O–H groups in total. The smallest absolute Gasteiger partial charge is 0 e.